The number of thiophene rings is 1. The molecule has 0 amide bonds. The van der Waals surface area contributed by atoms with Crippen molar-refractivity contribution in [1.29, 1.82) is 0 Å². The molecule has 3 heterocycles. The molecular weight excluding hydrogens is 380 g/mol. The largest absolute Gasteiger partial charge is 0.497 e. The minimum Gasteiger partial charge on any atom is -0.497 e. The number of ether oxygens (including phenoxy) is 1. The second-order valence-electron chi connectivity index (χ2n) is 9.38. The van der Waals surface area contributed by atoms with E-state index in [1.54, 1.807) is 18.4 Å². The average molecular weight is 411 g/mol. The maximum atomic E-state index is 5.36. The van der Waals surface area contributed by atoms with Gasteiger partial charge in [0.15, 0.2) is 0 Å². The number of anilines is 1. The van der Waals surface area contributed by atoms with Gasteiger partial charge in [-0.2, -0.15) is 0 Å². The van der Waals surface area contributed by atoms with Crippen LogP contribution in [0, 0.1) is 6.92 Å². The predicted octanol–water partition coefficient (Wildman–Crippen LogP) is 5.40. The lowest BCUT2D eigenvalue weighted by molar-refractivity contribution is 0.170. The maximum absolute atomic E-state index is 5.36. The van der Waals surface area contributed by atoms with Gasteiger partial charge in [-0.15, -0.1) is 11.3 Å². The van der Waals surface area contributed by atoms with Crippen LogP contribution in [0.2, 0.25) is 0 Å². The molecular formula is C23H30N4OS. The molecule has 1 saturated heterocycles. The van der Waals surface area contributed by atoms with Crippen LogP contribution in [0.1, 0.15) is 46.1 Å². The summed E-state index contributed by atoms with van der Waals surface area (Å²) in [7, 11) is 1.70. The molecule has 0 bridgehead atoms. The zero-order valence-electron chi connectivity index (χ0n) is 18.1. The summed E-state index contributed by atoms with van der Waals surface area (Å²) in [5.41, 5.74) is 2.24. The Bertz CT molecular complexity index is 1020. The van der Waals surface area contributed by atoms with Crippen LogP contribution in [0.5, 0.6) is 5.75 Å². The van der Waals surface area contributed by atoms with E-state index in [0.29, 0.717) is 12.0 Å². The number of fused-ring (bicyclic) bond motifs is 1. The Hall–Kier alpha value is -2.18. The van der Waals surface area contributed by atoms with Crippen molar-refractivity contribution in [2.24, 2.45) is 0 Å². The highest BCUT2D eigenvalue weighted by Crippen LogP contribution is 2.36. The summed E-state index contributed by atoms with van der Waals surface area (Å²) in [6.07, 6.45) is 3.99. The molecule has 0 spiro atoms. The lowest BCUT2D eigenvalue weighted by Gasteiger charge is -2.46. The highest BCUT2D eigenvalue weighted by atomic mass is 32.1. The molecule has 1 aliphatic heterocycles. The molecule has 1 fully saturated rings. The molecule has 1 aliphatic rings. The van der Waals surface area contributed by atoms with Crippen molar-refractivity contribution in [2.45, 2.75) is 64.6 Å². The Labute approximate surface area is 176 Å². The van der Waals surface area contributed by atoms with Crippen molar-refractivity contribution in [3.05, 3.63) is 36.0 Å². The first-order chi connectivity index (χ1) is 13.6. The van der Waals surface area contributed by atoms with Gasteiger partial charge in [-0.1, -0.05) is 0 Å². The molecule has 2 aromatic heterocycles. The Morgan fingerprint density at radius 1 is 1.14 bits per heavy atom. The summed E-state index contributed by atoms with van der Waals surface area (Å²) in [5.74, 6) is 1.59. The monoisotopic (exact) mass is 410 g/mol. The van der Waals surface area contributed by atoms with Crippen molar-refractivity contribution in [1.82, 2.24) is 15.3 Å². The quantitative estimate of drug-likeness (QED) is 0.603. The van der Waals surface area contributed by atoms with Crippen LogP contribution in [-0.4, -0.2) is 34.2 Å². The topological polar surface area (TPSA) is 59.1 Å². The van der Waals surface area contributed by atoms with Crippen LogP contribution < -0.4 is 15.4 Å². The number of piperidine rings is 1. The van der Waals surface area contributed by atoms with Crippen LogP contribution in [0.15, 0.2) is 30.5 Å². The number of hydrogen-bond donors (Lipinski definition) is 2. The standard InChI is InChI=1S/C23H30N4OS/c1-14-13-24-21(25-16-11-22(2,3)27-23(4,5)12-16)26-20(14)19-9-15-7-8-17(28-6)10-18(15)29-19/h7-10,13,16,27H,11-12H2,1-6H3,(H,24,25,26). The summed E-state index contributed by atoms with van der Waals surface area (Å²) in [6, 6.07) is 8.72. The molecule has 0 saturated carbocycles. The Balaban J connectivity index is 1.63. The highest BCUT2D eigenvalue weighted by Gasteiger charge is 2.37. The SMILES string of the molecule is COc1ccc2cc(-c3nc(NC4CC(C)(C)NC(C)(C)C4)ncc3C)sc2c1. The minimum absolute atomic E-state index is 0.0808. The molecule has 6 heteroatoms. The van der Waals surface area contributed by atoms with Gasteiger partial charge in [-0.25, -0.2) is 9.97 Å². The zero-order chi connectivity index (χ0) is 20.8. The van der Waals surface area contributed by atoms with Crippen LogP contribution in [-0.2, 0) is 0 Å². The fourth-order valence-corrected chi connectivity index (χ4v) is 5.77. The predicted molar refractivity (Wildman–Crippen MR) is 122 cm³/mol. The molecule has 3 aromatic rings. The molecule has 0 aliphatic carbocycles. The van der Waals surface area contributed by atoms with Gasteiger partial charge in [-0.05, 0) is 82.7 Å². The van der Waals surface area contributed by atoms with Crippen LogP contribution in [0.4, 0.5) is 5.95 Å². The highest BCUT2D eigenvalue weighted by molar-refractivity contribution is 7.22. The van der Waals surface area contributed by atoms with E-state index < -0.39 is 0 Å². The molecule has 1 aromatic carbocycles. The third-order valence-corrected chi connectivity index (χ3v) is 6.56. The molecule has 0 atom stereocenters. The number of nitrogens with zero attached hydrogens (tertiary/aromatic N) is 2. The van der Waals surface area contributed by atoms with Crippen molar-refractivity contribution >= 4 is 27.4 Å². The molecule has 29 heavy (non-hydrogen) atoms. The first-order valence-electron chi connectivity index (χ1n) is 10.1. The van der Waals surface area contributed by atoms with Gasteiger partial charge < -0.3 is 15.4 Å². The van der Waals surface area contributed by atoms with E-state index in [1.165, 1.54) is 10.1 Å². The maximum Gasteiger partial charge on any atom is 0.223 e. The number of hydrogen-bond acceptors (Lipinski definition) is 6. The van der Waals surface area contributed by atoms with Crippen LogP contribution >= 0.6 is 11.3 Å². The van der Waals surface area contributed by atoms with E-state index in [4.69, 9.17) is 9.72 Å². The number of nitrogens with one attached hydrogen (secondary N) is 2. The number of aryl methyl sites for hydroxylation is 1. The molecule has 2 N–H and O–H groups in total. The van der Waals surface area contributed by atoms with Crippen molar-refractivity contribution < 1.29 is 4.74 Å². The van der Waals surface area contributed by atoms with Gasteiger partial charge in [0.25, 0.3) is 0 Å². The fourth-order valence-electron chi connectivity index (χ4n) is 4.62. The van der Waals surface area contributed by atoms with Gasteiger partial charge in [0.2, 0.25) is 5.95 Å². The van der Waals surface area contributed by atoms with Crippen molar-refractivity contribution in [2.75, 3.05) is 12.4 Å². The van der Waals surface area contributed by atoms with Gasteiger partial charge in [-0.3, -0.25) is 0 Å². The van der Waals surface area contributed by atoms with E-state index in [2.05, 4.69) is 68.4 Å². The minimum atomic E-state index is 0.0808. The number of rotatable bonds is 4. The normalized spacial score (nSPS) is 18.7. The summed E-state index contributed by atoms with van der Waals surface area (Å²) in [5, 5.41) is 8.54. The molecule has 0 radical (unpaired) electrons. The summed E-state index contributed by atoms with van der Waals surface area (Å²) >= 11 is 1.74. The number of methoxy groups -OCH3 is 1. The smallest absolute Gasteiger partial charge is 0.223 e. The molecule has 4 rings (SSSR count). The van der Waals surface area contributed by atoms with E-state index in [1.807, 2.05) is 12.3 Å². The summed E-state index contributed by atoms with van der Waals surface area (Å²) in [4.78, 5) is 10.6. The van der Waals surface area contributed by atoms with Crippen molar-refractivity contribution in [3.8, 4) is 16.3 Å². The molecule has 154 valence electrons. The second kappa shape index (κ2) is 7.26. The Morgan fingerprint density at radius 3 is 2.55 bits per heavy atom. The van der Waals surface area contributed by atoms with Gasteiger partial charge in [0.05, 0.1) is 17.7 Å². The first kappa shape index (κ1) is 20.1. The Kier molecular flexibility index (Phi) is 5.03. The van der Waals surface area contributed by atoms with Gasteiger partial charge >= 0.3 is 0 Å². The molecule has 0 unspecified atom stereocenters. The fraction of sp³-hybridized carbons (Fsp3) is 0.478. The lowest BCUT2D eigenvalue weighted by atomic mass is 9.80. The Morgan fingerprint density at radius 2 is 1.86 bits per heavy atom. The van der Waals surface area contributed by atoms with Crippen LogP contribution in [0.3, 0.4) is 0 Å². The average Bonchev–Trinajstić information content (AvgIpc) is 3.03. The lowest BCUT2D eigenvalue weighted by Crippen LogP contribution is -2.60. The summed E-state index contributed by atoms with van der Waals surface area (Å²) < 4.78 is 6.57. The summed E-state index contributed by atoms with van der Waals surface area (Å²) in [6.45, 7) is 11.1. The van der Waals surface area contributed by atoms with E-state index >= 15 is 0 Å². The number of benzene rings is 1. The third kappa shape index (κ3) is 4.38. The van der Waals surface area contributed by atoms with E-state index in [-0.39, 0.29) is 11.1 Å². The van der Waals surface area contributed by atoms with Crippen molar-refractivity contribution in [3.63, 3.8) is 0 Å². The first-order valence-corrected chi connectivity index (χ1v) is 10.9. The van der Waals surface area contributed by atoms with Crippen LogP contribution in [0.25, 0.3) is 20.7 Å². The second-order valence-corrected chi connectivity index (χ2v) is 10.5. The molecule has 5 nitrogen and oxygen atoms in total. The van der Waals surface area contributed by atoms with Gasteiger partial charge in [0, 0.05) is 28.0 Å². The number of aromatic nitrogens is 2. The van der Waals surface area contributed by atoms with E-state index in [0.717, 1.165) is 34.7 Å². The van der Waals surface area contributed by atoms with Gasteiger partial charge in [0.1, 0.15) is 5.75 Å². The van der Waals surface area contributed by atoms with E-state index in [9.17, 15) is 0 Å². The zero-order valence-corrected chi connectivity index (χ0v) is 18.9. The third-order valence-electron chi connectivity index (χ3n) is 5.46.